The Kier molecular flexibility index (Phi) is 4.94. The van der Waals surface area contributed by atoms with Crippen molar-refractivity contribution in [2.75, 3.05) is 10.6 Å². The summed E-state index contributed by atoms with van der Waals surface area (Å²) in [5, 5.41) is 6.50. The molecule has 0 saturated heterocycles. The molecule has 3 aromatic heterocycles. The third-order valence-electron chi connectivity index (χ3n) is 4.15. The third kappa shape index (κ3) is 4.23. The van der Waals surface area contributed by atoms with E-state index in [0.717, 1.165) is 17.1 Å². The molecule has 0 fully saturated rings. The van der Waals surface area contributed by atoms with Crippen molar-refractivity contribution in [2.24, 2.45) is 0 Å². The molecule has 0 bridgehead atoms. The summed E-state index contributed by atoms with van der Waals surface area (Å²) in [5.74, 6) is -0.281. The van der Waals surface area contributed by atoms with Crippen LogP contribution in [0.2, 0.25) is 0 Å². The van der Waals surface area contributed by atoms with Crippen molar-refractivity contribution < 1.29 is 13.2 Å². The van der Waals surface area contributed by atoms with Crippen molar-refractivity contribution in [3.8, 4) is 0 Å². The molecule has 0 saturated carbocycles. The Morgan fingerprint density at radius 1 is 0.862 bits per heavy atom. The summed E-state index contributed by atoms with van der Waals surface area (Å²) < 4.78 is 40.1. The molecule has 146 valence electrons. The van der Waals surface area contributed by atoms with Crippen LogP contribution < -0.4 is 10.6 Å². The lowest BCUT2D eigenvalue weighted by atomic mass is 10.2. The monoisotopic (exact) mass is 396 g/mol. The van der Waals surface area contributed by atoms with Gasteiger partial charge in [-0.25, -0.2) is 4.98 Å². The van der Waals surface area contributed by atoms with Crippen molar-refractivity contribution in [3.05, 3.63) is 78.4 Å². The largest absolute Gasteiger partial charge is 0.421 e. The van der Waals surface area contributed by atoms with Crippen LogP contribution in [0.4, 0.5) is 30.6 Å². The normalized spacial score (nSPS) is 11.4. The fraction of sp³-hybridized carbons (Fsp3) is 0.100. The molecular weight excluding hydrogens is 381 g/mol. The first-order valence-electron chi connectivity index (χ1n) is 8.69. The summed E-state index contributed by atoms with van der Waals surface area (Å²) in [7, 11) is 0. The molecule has 29 heavy (non-hydrogen) atoms. The van der Waals surface area contributed by atoms with Gasteiger partial charge in [0.15, 0.2) is 0 Å². The Morgan fingerprint density at radius 3 is 2.52 bits per heavy atom. The van der Waals surface area contributed by atoms with Gasteiger partial charge in [0.05, 0.1) is 23.4 Å². The number of aromatic nitrogens is 4. The van der Waals surface area contributed by atoms with Gasteiger partial charge in [0.25, 0.3) is 0 Å². The molecule has 0 aliphatic carbocycles. The molecule has 0 aliphatic rings. The minimum atomic E-state index is -4.59. The Labute approximate surface area is 163 Å². The van der Waals surface area contributed by atoms with Crippen LogP contribution in [0.1, 0.15) is 11.3 Å². The Balaban J connectivity index is 1.65. The molecular formula is C20H15F3N6. The number of nitrogens with zero attached hydrogens (tertiary/aromatic N) is 4. The van der Waals surface area contributed by atoms with Crippen LogP contribution in [0.15, 0.2) is 67.1 Å². The van der Waals surface area contributed by atoms with Crippen LogP contribution in [-0.4, -0.2) is 19.9 Å². The highest BCUT2D eigenvalue weighted by Crippen LogP contribution is 2.34. The fourth-order valence-corrected chi connectivity index (χ4v) is 2.79. The zero-order valence-electron chi connectivity index (χ0n) is 15.0. The second-order valence-electron chi connectivity index (χ2n) is 6.13. The van der Waals surface area contributed by atoms with Gasteiger partial charge in [0.1, 0.15) is 11.4 Å². The molecule has 1 aromatic carbocycles. The Morgan fingerprint density at radius 2 is 1.72 bits per heavy atom. The standard InChI is InChI=1S/C20H15F3N6/c21-20(22,23)15-12-27-19(29-18(15)26-11-13-5-1-2-9-24-13)28-17-8-3-7-16-14(17)6-4-10-25-16/h1-10,12H,11H2,(H2,26,27,28,29). The van der Waals surface area contributed by atoms with Gasteiger partial charge in [-0.3, -0.25) is 9.97 Å². The van der Waals surface area contributed by atoms with Crippen LogP contribution in [0, 0.1) is 0 Å². The average Bonchev–Trinajstić information content (AvgIpc) is 2.73. The van der Waals surface area contributed by atoms with Crippen LogP contribution >= 0.6 is 0 Å². The average molecular weight is 396 g/mol. The second kappa shape index (κ2) is 7.70. The highest BCUT2D eigenvalue weighted by Gasteiger charge is 2.35. The van der Waals surface area contributed by atoms with E-state index in [-0.39, 0.29) is 18.3 Å². The number of anilines is 3. The minimum absolute atomic E-state index is 0.0397. The van der Waals surface area contributed by atoms with Crippen molar-refractivity contribution >= 4 is 28.4 Å². The van der Waals surface area contributed by atoms with E-state index < -0.39 is 11.7 Å². The summed E-state index contributed by atoms with van der Waals surface area (Å²) in [6.45, 7) is 0.0958. The number of pyridine rings is 2. The summed E-state index contributed by atoms with van der Waals surface area (Å²) >= 11 is 0. The summed E-state index contributed by atoms with van der Waals surface area (Å²) in [6.07, 6.45) is -0.586. The zero-order valence-corrected chi connectivity index (χ0v) is 15.0. The number of nitrogens with one attached hydrogen (secondary N) is 2. The van der Waals surface area contributed by atoms with Gasteiger partial charge in [-0.1, -0.05) is 12.1 Å². The smallest absolute Gasteiger partial charge is 0.364 e. The van der Waals surface area contributed by atoms with Gasteiger partial charge in [-0.2, -0.15) is 18.2 Å². The van der Waals surface area contributed by atoms with E-state index in [1.54, 1.807) is 48.8 Å². The Hall–Kier alpha value is -3.75. The van der Waals surface area contributed by atoms with Crippen molar-refractivity contribution in [1.82, 2.24) is 19.9 Å². The number of hydrogen-bond acceptors (Lipinski definition) is 6. The van der Waals surface area contributed by atoms with Gasteiger partial charge in [-0.05, 0) is 36.4 Å². The van der Waals surface area contributed by atoms with Crippen LogP contribution in [0.5, 0.6) is 0 Å². The van der Waals surface area contributed by atoms with E-state index in [1.807, 2.05) is 12.1 Å². The van der Waals surface area contributed by atoms with Crippen molar-refractivity contribution in [2.45, 2.75) is 12.7 Å². The third-order valence-corrected chi connectivity index (χ3v) is 4.15. The van der Waals surface area contributed by atoms with Gasteiger partial charge < -0.3 is 10.6 Å². The zero-order chi connectivity index (χ0) is 20.3. The van der Waals surface area contributed by atoms with Gasteiger partial charge in [-0.15, -0.1) is 0 Å². The van der Waals surface area contributed by atoms with E-state index in [1.165, 1.54) is 0 Å². The first-order chi connectivity index (χ1) is 14.0. The quantitative estimate of drug-likeness (QED) is 0.505. The fourth-order valence-electron chi connectivity index (χ4n) is 2.79. The molecule has 4 rings (SSSR count). The predicted molar refractivity (Wildman–Crippen MR) is 104 cm³/mol. The molecule has 0 aliphatic heterocycles. The number of halogens is 3. The molecule has 3 heterocycles. The lowest BCUT2D eigenvalue weighted by Gasteiger charge is -2.15. The topological polar surface area (TPSA) is 75.6 Å². The van der Waals surface area contributed by atoms with Crippen LogP contribution in [0.3, 0.4) is 0 Å². The van der Waals surface area contributed by atoms with E-state index in [2.05, 4.69) is 30.6 Å². The molecule has 0 spiro atoms. The highest BCUT2D eigenvalue weighted by atomic mass is 19.4. The van der Waals surface area contributed by atoms with Gasteiger partial charge in [0.2, 0.25) is 5.95 Å². The van der Waals surface area contributed by atoms with Crippen molar-refractivity contribution in [1.29, 1.82) is 0 Å². The SMILES string of the molecule is FC(F)(F)c1cnc(Nc2cccc3ncccc23)nc1NCc1ccccn1. The van der Waals surface area contributed by atoms with Crippen LogP contribution in [0.25, 0.3) is 10.9 Å². The highest BCUT2D eigenvalue weighted by molar-refractivity contribution is 5.92. The summed E-state index contributed by atoms with van der Waals surface area (Å²) in [4.78, 5) is 16.3. The first kappa shape index (κ1) is 18.6. The molecule has 0 atom stereocenters. The minimum Gasteiger partial charge on any atom is -0.364 e. The maximum atomic E-state index is 13.4. The number of rotatable bonds is 5. The van der Waals surface area contributed by atoms with Crippen molar-refractivity contribution in [3.63, 3.8) is 0 Å². The lowest BCUT2D eigenvalue weighted by molar-refractivity contribution is -0.137. The molecule has 2 N–H and O–H groups in total. The number of hydrogen-bond donors (Lipinski definition) is 2. The number of benzene rings is 1. The Bertz CT molecular complexity index is 1130. The molecule has 0 radical (unpaired) electrons. The lowest BCUT2D eigenvalue weighted by Crippen LogP contribution is -2.14. The van der Waals surface area contributed by atoms with E-state index in [9.17, 15) is 13.2 Å². The van der Waals surface area contributed by atoms with E-state index >= 15 is 0 Å². The van der Waals surface area contributed by atoms with Gasteiger partial charge >= 0.3 is 6.18 Å². The summed E-state index contributed by atoms with van der Waals surface area (Å²) in [5.41, 5.74) is 1.04. The number of fused-ring (bicyclic) bond motifs is 1. The molecule has 0 amide bonds. The van der Waals surface area contributed by atoms with Gasteiger partial charge in [0, 0.05) is 24.0 Å². The maximum absolute atomic E-state index is 13.4. The van der Waals surface area contributed by atoms with E-state index in [0.29, 0.717) is 11.4 Å². The summed E-state index contributed by atoms with van der Waals surface area (Å²) in [6, 6.07) is 14.3. The second-order valence-corrected chi connectivity index (χ2v) is 6.13. The van der Waals surface area contributed by atoms with Crippen LogP contribution in [-0.2, 0) is 12.7 Å². The molecule has 0 unspecified atom stereocenters. The predicted octanol–water partition coefficient (Wildman–Crippen LogP) is 4.79. The molecule has 9 heteroatoms. The molecule has 4 aromatic rings. The first-order valence-corrected chi connectivity index (χ1v) is 8.69. The maximum Gasteiger partial charge on any atom is 0.421 e. The van der Waals surface area contributed by atoms with E-state index in [4.69, 9.17) is 0 Å². The number of alkyl halides is 3. The molecule has 6 nitrogen and oxygen atoms in total.